The molecule has 0 saturated carbocycles. The topological polar surface area (TPSA) is 42.2 Å². The van der Waals surface area contributed by atoms with Crippen LogP contribution in [0.2, 0.25) is 0 Å². The molecule has 1 amide bonds. The van der Waals surface area contributed by atoms with Crippen molar-refractivity contribution >= 4 is 34.6 Å². The fraction of sp³-hybridized carbons (Fsp3) is 0.133. The first-order valence-electron chi connectivity index (χ1n) is 6.09. The quantitative estimate of drug-likeness (QED) is 0.634. The zero-order chi connectivity index (χ0) is 14.4. The minimum Gasteiger partial charge on any atom is -0.451 e. The molecule has 2 rings (SSSR count). The molecule has 2 aromatic rings. The molecule has 0 spiro atoms. The van der Waals surface area contributed by atoms with E-state index in [0.717, 1.165) is 9.33 Å². The Morgan fingerprint density at radius 3 is 2.90 bits per heavy atom. The monoisotopic (exact) mass is 385 g/mol. The molecular formula is C15H13FINO2. The van der Waals surface area contributed by atoms with Gasteiger partial charge < -0.3 is 9.73 Å². The number of hydrogen-bond acceptors (Lipinski definition) is 2. The normalized spacial score (nSPS) is 10.9. The minimum atomic E-state index is -0.263. The molecule has 0 aliphatic carbocycles. The average Bonchev–Trinajstić information content (AvgIpc) is 2.82. The molecule has 0 bridgehead atoms. The lowest BCUT2D eigenvalue weighted by Gasteiger charge is -2.02. The predicted octanol–water partition coefficient (Wildman–Crippen LogP) is 3.40. The van der Waals surface area contributed by atoms with Gasteiger partial charge in [-0.3, -0.25) is 4.79 Å². The number of amides is 1. The maximum atomic E-state index is 13.0. The first-order valence-corrected chi connectivity index (χ1v) is 7.17. The van der Waals surface area contributed by atoms with Crippen LogP contribution in [-0.2, 0) is 11.2 Å². The summed E-state index contributed by atoms with van der Waals surface area (Å²) in [6, 6.07) is 9.96. The van der Waals surface area contributed by atoms with Gasteiger partial charge in [-0.15, -0.1) is 0 Å². The molecule has 0 atom stereocenters. The highest BCUT2D eigenvalue weighted by Gasteiger charge is 1.99. The predicted molar refractivity (Wildman–Crippen MR) is 83.6 cm³/mol. The molecular weight excluding hydrogens is 372 g/mol. The number of furan rings is 1. The van der Waals surface area contributed by atoms with Crippen LogP contribution in [0.15, 0.2) is 46.9 Å². The van der Waals surface area contributed by atoms with E-state index in [1.165, 1.54) is 18.2 Å². The van der Waals surface area contributed by atoms with Crippen LogP contribution in [0.25, 0.3) is 6.08 Å². The summed E-state index contributed by atoms with van der Waals surface area (Å²) in [6.07, 6.45) is 3.62. The summed E-state index contributed by atoms with van der Waals surface area (Å²) in [4.78, 5) is 11.6. The molecule has 0 fully saturated rings. The lowest BCUT2D eigenvalue weighted by molar-refractivity contribution is -0.116. The Balaban J connectivity index is 1.76. The summed E-state index contributed by atoms with van der Waals surface area (Å²) in [6.45, 7) is 0.461. The second-order valence-corrected chi connectivity index (χ2v) is 5.21. The average molecular weight is 385 g/mol. The third kappa shape index (κ3) is 4.80. The molecule has 0 aliphatic rings. The third-order valence-corrected chi connectivity index (χ3v) is 3.17. The van der Waals surface area contributed by atoms with E-state index < -0.39 is 0 Å². The van der Waals surface area contributed by atoms with E-state index in [1.807, 2.05) is 12.1 Å². The van der Waals surface area contributed by atoms with Gasteiger partial charge in [-0.25, -0.2) is 4.39 Å². The van der Waals surface area contributed by atoms with Crippen LogP contribution in [0.1, 0.15) is 11.3 Å². The summed E-state index contributed by atoms with van der Waals surface area (Å²) in [5.74, 6) is 0.170. The van der Waals surface area contributed by atoms with Gasteiger partial charge >= 0.3 is 0 Å². The van der Waals surface area contributed by atoms with E-state index in [1.54, 1.807) is 18.2 Å². The number of hydrogen-bond donors (Lipinski definition) is 1. The molecule has 0 unspecified atom stereocenters. The third-order valence-electron chi connectivity index (χ3n) is 2.59. The van der Waals surface area contributed by atoms with Crippen LogP contribution in [0.3, 0.4) is 0 Å². The number of rotatable bonds is 5. The Labute approximate surface area is 130 Å². The number of carbonyl (C=O) groups is 1. The van der Waals surface area contributed by atoms with Crippen molar-refractivity contribution < 1.29 is 13.6 Å². The van der Waals surface area contributed by atoms with Crippen molar-refractivity contribution in [1.82, 2.24) is 5.32 Å². The Morgan fingerprint density at radius 1 is 1.35 bits per heavy atom. The van der Waals surface area contributed by atoms with Crippen LogP contribution in [0.5, 0.6) is 0 Å². The zero-order valence-electron chi connectivity index (χ0n) is 10.6. The number of carbonyl (C=O) groups excluding carboxylic acids is 1. The van der Waals surface area contributed by atoms with Gasteiger partial charge in [-0.2, -0.15) is 0 Å². The van der Waals surface area contributed by atoms with E-state index >= 15 is 0 Å². The Kier molecular flexibility index (Phi) is 5.34. The SMILES string of the molecule is O=C(/C=C/c1ccc(I)o1)NCCc1cccc(F)c1. The smallest absolute Gasteiger partial charge is 0.244 e. The minimum absolute atomic E-state index is 0.201. The molecule has 0 saturated heterocycles. The molecule has 104 valence electrons. The van der Waals surface area contributed by atoms with Crippen LogP contribution in [0.4, 0.5) is 4.39 Å². The standard InChI is InChI=1S/C15H13FINO2/c16-12-3-1-2-11(10-12)8-9-18-15(19)7-5-13-4-6-14(17)20-13/h1-7,10H,8-9H2,(H,18,19)/b7-5+. The van der Waals surface area contributed by atoms with Gasteiger partial charge in [0.25, 0.3) is 0 Å². The molecule has 20 heavy (non-hydrogen) atoms. The maximum absolute atomic E-state index is 13.0. The van der Waals surface area contributed by atoms with Gasteiger partial charge in [0.15, 0.2) is 3.77 Å². The fourth-order valence-corrected chi connectivity index (χ4v) is 2.09. The van der Waals surface area contributed by atoms with Crippen LogP contribution >= 0.6 is 22.6 Å². The molecule has 1 aromatic heterocycles. The zero-order valence-corrected chi connectivity index (χ0v) is 12.8. The lowest BCUT2D eigenvalue weighted by Crippen LogP contribution is -2.23. The van der Waals surface area contributed by atoms with Gasteiger partial charge in [-0.05, 0) is 64.9 Å². The van der Waals surface area contributed by atoms with Gasteiger partial charge in [0.05, 0.1) is 0 Å². The van der Waals surface area contributed by atoms with E-state index in [4.69, 9.17) is 4.42 Å². The van der Waals surface area contributed by atoms with Crippen LogP contribution in [-0.4, -0.2) is 12.5 Å². The molecule has 1 N–H and O–H groups in total. The second kappa shape index (κ2) is 7.23. The van der Waals surface area contributed by atoms with Crippen molar-refractivity contribution in [3.63, 3.8) is 0 Å². The van der Waals surface area contributed by atoms with E-state index in [9.17, 15) is 9.18 Å². The summed E-state index contributed by atoms with van der Waals surface area (Å²) in [7, 11) is 0. The number of nitrogens with one attached hydrogen (secondary N) is 1. The molecule has 0 radical (unpaired) electrons. The first kappa shape index (κ1) is 14.8. The van der Waals surface area contributed by atoms with Crippen molar-refractivity contribution in [2.45, 2.75) is 6.42 Å². The van der Waals surface area contributed by atoms with Crippen molar-refractivity contribution in [2.24, 2.45) is 0 Å². The Morgan fingerprint density at radius 2 is 2.20 bits per heavy atom. The summed E-state index contributed by atoms with van der Waals surface area (Å²) in [5.41, 5.74) is 0.856. The highest BCUT2D eigenvalue weighted by Crippen LogP contribution is 2.11. The second-order valence-electron chi connectivity index (χ2n) is 4.15. The van der Waals surface area contributed by atoms with Gasteiger partial charge in [0, 0.05) is 12.6 Å². The van der Waals surface area contributed by atoms with Gasteiger partial charge in [0.1, 0.15) is 11.6 Å². The number of benzene rings is 1. The first-order chi connectivity index (χ1) is 9.63. The van der Waals surface area contributed by atoms with Crippen molar-refractivity contribution in [2.75, 3.05) is 6.54 Å². The van der Waals surface area contributed by atoms with Crippen molar-refractivity contribution in [1.29, 1.82) is 0 Å². The fourth-order valence-electron chi connectivity index (χ4n) is 1.66. The van der Waals surface area contributed by atoms with Gasteiger partial charge in [0.2, 0.25) is 5.91 Å². The molecule has 1 heterocycles. The largest absolute Gasteiger partial charge is 0.451 e. The molecule has 5 heteroatoms. The Bertz CT molecular complexity index is 622. The van der Waals surface area contributed by atoms with Crippen molar-refractivity contribution in [3.05, 3.63) is 63.4 Å². The maximum Gasteiger partial charge on any atom is 0.244 e. The highest BCUT2D eigenvalue weighted by atomic mass is 127. The summed E-state index contributed by atoms with van der Waals surface area (Å²) >= 11 is 2.06. The summed E-state index contributed by atoms with van der Waals surface area (Å²) < 4.78 is 19.0. The van der Waals surface area contributed by atoms with E-state index in [2.05, 4.69) is 27.9 Å². The lowest BCUT2D eigenvalue weighted by atomic mass is 10.1. The number of halogens is 2. The van der Waals surface area contributed by atoms with Crippen LogP contribution < -0.4 is 5.32 Å². The van der Waals surface area contributed by atoms with E-state index in [0.29, 0.717) is 18.7 Å². The highest BCUT2D eigenvalue weighted by molar-refractivity contribution is 14.1. The van der Waals surface area contributed by atoms with Gasteiger partial charge in [-0.1, -0.05) is 12.1 Å². The molecule has 1 aromatic carbocycles. The van der Waals surface area contributed by atoms with Crippen molar-refractivity contribution in [3.8, 4) is 0 Å². The molecule has 0 aliphatic heterocycles. The summed E-state index contributed by atoms with van der Waals surface area (Å²) in [5, 5.41) is 2.74. The van der Waals surface area contributed by atoms with Crippen LogP contribution in [0, 0.1) is 9.58 Å². The molecule has 3 nitrogen and oxygen atoms in total. The Hall–Kier alpha value is -1.63. The van der Waals surface area contributed by atoms with E-state index in [-0.39, 0.29) is 11.7 Å².